The zero-order valence-corrected chi connectivity index (χ0v) is 13.7. The number of aliphatic hydroxyl groups excluding tert-OH is 1. The summed E-state index contributed by atoms with van der Waals surface area (Å²) in [5, 5.41) is 9.30. The highest BCUT2D eigenvalue weighted by atomic mass is 32.2. The molecule has 0 spiro atoms. The molecule has 9 heteroatoms. The van der Waals surface area contributed by atoms with Gasteiger partial charge < -0.3 is 9.67 Å². The highest BCUT2D eigenvalue weighted by Crippen LogP contribution is 2.25. The molecule has 0 aliphatic rings. The van der Waals surface area contributed by atoms with Gasteiger partial charge in [0.1, 0.15) is 0 Å². The van der Waals surface area contributed by atoms with Crippen molar-refractivity contribution in [3.8, 4) is 0 Å². The normalized spacial score (nSPS) is 14.4. The summed E-state index contributed by atoms with van der Waals surface area (Å²) in [5.41, 5.74) is -0.337. The van der Waals surface area contributed by atoms with Crippen LogP contribution in [-0.2, 0) is 16.6 Å². The summed E-state index contributed by atoms with van der Waals surface area (Å²) in [6, 6.07) is 2.50. The van der Waals surface area contributed by atoms with Crippen molar-refractivity contribution in [3.63, 3.8) is 0 Å². The third-order valence-corrected chi connectivity index (χ3v) is 6.93. The predicted octanol–water partition coefficient (Wildman–Crippen LogP) is 0.276. The molecular formula is C10H18N2O4P2S. The number of aromatic nitrogens is 1. The number of aliphatic hydroxyl groups is 1. The molecule has 6 nitrogen and oxygen atoms in total. The van der Waals surface area contributed by atoms with Gasteiger partial charge in [-0.25, -0.2) is 8.42 Å². The second-order valence-corrected chi connectivity index (χ2v) is 7.50. The lowest BCUT2D eigenvalue weighted by molar-refractivity contribution is 0.172. The minimum atomic E-state index is -3.59. The highest BCUT2D eigenvalue weighted by Gasteiger charge is 2.22. The standard InChI is InChI=1S/C10H18N2O4P2S/c1-8(13)5-11-6-9(3-4-10(11)14)19(15,16)12(7-17)18-2/h3-4,6,8,13,18H,5,7,17H2,1-2H3/t8-/m1/s1. The Kier molecular flexibility index (Phi) is 6.09. The Morgan fingerprint density at radius 2 is 2.16 bits per heavy atom. The van der Waals surface area contributed by atoms with E-state index in [2.05, 4.69) is 9.24 Å². The van der Waals surface area contributed by atoms with Gasteiger partial charge in [-0.15, -0.1) is 9.24 Å². The van der Waals surface area contributed by atoms with Crippen LogP contribution < -0.4 is 5.56 Å². The van der Waals surface area contributed by atoms with E-state index in [4.69, 9.17) is 0 Å². The lowest BCUT2D eigenvalue weighted by Crippen LogP contribution is -2.27. The predicted molar refractivity (Wildman–Crippen MR) is 80.2 cm³/mol. The second-order valence-electron chi connectivity index (χ2n) is 3.96. The third kappa shape index (κ3) is 4.07. The van der Waals surface area contributed by atoms with Crippen LogP contribution in [0.3, 0.4) is 0 Å². The van der Waals surface area contributed by atoms with E-state index in [1.807, 2.05) is 0 Å². The zero-order valence-electron chi connectivity index (χ0n) is 10.8. The summed E-state index contributed by atoms with van der Waals surface area (Å²) in [5.74, 6) is 0. The number of rotatable bonds is 6. The molecule has 0 saturated heterocycles. The number of sulfonamides is 1. The maximum atomic E-state index is 12.3. The molecule has 1 heterocycles. The maximum Gasteiger partial charge on any atom is 0.250 e. The van der Waals surface area contributed by atoms with Crippen LogP contribution in [-0.4, -0.2) is 41.2 Å². The topological polar surface area (TPSA) is 79.6 Å². The van der Waals surface area contributed by atoms with Gasteiger partial charge in [-0.3, -0.25) is 4.79 Å². The minimum Gasteiger partial charge on any atom is -0.392 e. The Balaban J connectivity index is 3.25. The molecule has 3 atom stereocenters. The van der Waals surface area contributed by atoms with E-state index in [0.29, 0.717) is 6.29 Å². The van der Waals surface area contributed by atoms with Crippen LogP contribution in [0.4, 0.5) is 0 Å². The van der Waals surface area contributed by atoms with Crippen molar-refractivity contribution in [2.75, 3.05) is 13.0 Å². The van der Waals surface area contributed by atoms with Gasteiger partial charge in [0.25, 0.3) is 5.56 Å². The van der Waals surface area contributed by atoms with E-state index in [0.717, 1.165) is 0 Å². The van der Waals surface area contributed by atoms with Gasteiger partial charge in [-0.1, -0.05) is 0 Å². The largest absolute Gasteiger partial charge is 0.392 e. The Labute approximate surface area is 116 Å². The Morgan fingerprint density at radius 3 is 2.63 bits per heavy atom. The molecule has 1 aromatic rings. The van der Waals surface area contributed by atoms with Crippen LogP contribution >= 0.6 is 18.0 Å². The van der Waals surface area contributed by atoms with Crippen molar-refractivity contribution >= 4 is 28.0 Å². The van der Waals surface area contributed by atoms with E-state index in [1.165, 1.54) is 33.9 Å². The van der Waals surface area contributed by atoms with Crippen molar-refractivity contribution in [2.24, 2.45) is 0 Å². The first-order chi connectivity index (χ1) is 8.82. The summed E-state index contributed by atoms with van der Waals surface area (Å²) in [7, 11) is -1.12. The average molecular weight is 324 g/mol. The number of nitrogens with zero attached hydrogens (tertiary/aromatic N) is 2. The fourth-order valence-electron chi connectivity index (χ4n) is 1.53. The first-order valence-electron chi connectivity index (χ1n) is 5.61. The van der Waals surface area contributed by atoms with Crippen LogP contribution in [0.15, 0.2) is 28.0 Å². The number of hydrogen-bond acceptors (Lipinski definition) is 4. The van der Waals surface area contributed by atoms with Gasteiger partial charge >= 0.3 is 0 Å². The molecule has 0 saturated carbocycles. The fraction of sp³-hybridized carbons (Fsp3) is 0.500. The summed E-state index contributed by atoms with van der Waals surface area (Å²) in [4.78, 5) is 11.6. The lowest BCUT2D eigenvalue weighted by Gasteiger charge is -2.18. The molecule has 1 aromatic heterocycles. The van der Waals surface area contributed by atoms with Crippen molar-refractivity contribution in [1.82, 2.24) is 8.64 Å². The molecule has 0 aliphatic heterocycles. The SMILES string of the molecule is CPN(CP)S(=O)(=O)c1ccc(=O)n(C[C@@H](C)O)c1. The molecule has 0 aromatic carbocycles. The Bertz CT molecular complexity index is 581. The van der Waals surface area contributed by atoms with E-state index in [-0.39, 0.29) is 25.7 Å². The molecule has 0 bridgehead atoms. The van der Waals surface area contributed by atoms with Crippen molar-refractivity contribution < 1.29 is 13.5 Å². The summed E-state index contributed by atoms with van der Waals surface area (Å²) in [6.07, 6.45) is 0.853. The van der Waals surface area contributed by atoms with Crippen LogP contribution in [0.1, 0.15) is 6.92 Å². The maximum absolute atomic E-state index is 12.3. The van der Waals surface area contributed by atoms with Gasteiger partial charge in [0.05, 0.1) is 17.5 Å². The van der Waals surface area contributed by atoms with Gasteiger partial charge in [0.15, 0.2) is 0 Å². The molecule has 2 unspecified atom stereocenters. The molecule has 1 rings (SSSR count). The van der Waals surface area contributed by atoms with E-state index < -0.39 is 16.1 Å². The van der Waals surface area contributed by atoms with Crippen molar-refractivity contribution in [2.45, 2.75) is 24.5 Å². The molecule has 0 aliphatic carbocycles. The smallest absolute Gasteiger partial charge is 0.250 e. The molecular weight excluding hydrogens is 306 g/mol. The molecule has 0 radical (unpaired) electrons. The molecule has 0 fully saturated rings. The monoisotopic (exact) mass is 324 g/mol. The van der Waals surface area contributed by atoms with Gasteiger partial charge in [0, 0.05) is 18.5 Å². The van der Waals surface area contributed by atoms with Crippen molar-refractivity contribution in [1.29, 1.82) is 0 Å². The zero-order chi connectivity index (χ0) is 14.6. The Hall–Kier alpha value is -0.320. The van der Waals surface area contributed by atoms with Crippen LogP contribution in [0.2, 0.25) is 0 Å². The third-order valence-electron chi connectivity index (χ3n) is 2.42. The van der Waals surface area contributed by atoms with Gasteiger partial charge in [0.2, 0.25) is 10.0 Å². The van der Waals surface area contributed by atoms with E-state index in [1.54, 1.807) is 6.66 Å². The lowest BCUT2D eigenvalue weighted by atomic mass is 10.4. The van der Waals surface area contributed by atoms with Gasteiger partial charge in [-0.05, 0) is 28.4 Å². The fourth-order valence-corrected chi connectivity index (χ4v) is 5.07. The molecule has 1 N–H and O–H groups in total. The highest BCUT2D eigenvalue weighted by molar-refractivity contribution is 7.93. The first kappa shape index (κ1) is 16.7. The number of pyridine rings is 1. The second kappa shape index (κ2) is 6.91. The Morgan fingerprint density at radius 1 is 1.53 bits per heavy atom. The quantitative estimate of drug-likeness (QED) is 0.762. The van der Waals surface area contributed by atoms with Crippen molar-refractivity contribution in [3.05, 3.63) is 28.7 Å². The first-order valence-corrected chi connectivity index (χ1v) is 9.32. The molecule has 19 heavy (non-hydrogen) atoms. The summed E-state index contributed by atoms with van der Waals surface area (Å²) >= 11 is 0. The molecule has 0 amide bonds. The minimum absolute atomic E-state index is 0.0598. The number of hydrogen-bond donors (Lipinski definition) is 1. The van der Waals surface area contributed by atoms with Crippen LogP contribution in [0.25, 0.3) is 0 Å². The average Bonchev–Trinajstić information content (AvgIpc) is 2.32. The molecule has 108 valence electrons. The van der Waals surface area contributed by atoms with Crippen LogP contribution in [0, 0.1) is 0 Å². The van der Waals surface area contributed by atoms with E-state index >= 15 is 0 Å². The summed E-state index contributed by atoms with van der Waals surface area (Å²) in [6.45, 7) is 3.38. The van der Waals surface area contributed by atoms with Gasteiger partial charge in [-0.2, -0.15) is 4.08 Å². The van der Waals surface area contributed by atoms with Crippen LogP contribution in [0.5, 0.6) is 0 Å². The summed E-state index contributed by atoms with van der Waals surface area (Å²) < 4.78 is 27.1. The van der Waals surface area contributed by atoms with E-state index in [9.17, 15) is 18.3 Å².